The summed E-state index contributed by atoms with van der Waals surface area (Å²) in [5.74, 6) is 0. The Morgan fingerprint density at radius 2 is 2.33 bits per heavy atom. The second-order valence-electron chi connectivity index (χ2n) is 2.32. The molecule has 0 radical (unpaired) electrons. The third-order valence-electron chi connectivity index (χ3n) is 1.74. The van der Waals surface area contributed by atoms with Gasteiger partial charge in [0.05, 0.1) is 0 Å². The average molecular weight is 126 g/mol. The molecule has 1 N–H and O–H groups in total. The van der Waals surface area contributed by atoms with Crippen LogP contribution in [0.5, 0.6) is 0 Å². The fourth-order valence-electron chi connectivity index (χ4n) is 0.991. The highest BCUT2D eigenvalue weighted by molar-refractivity contribution is 4.89. The Labute approximate surface area is 53.9 Å². The maximum atomic E-state index is 8.00. The molecule has 0 spiro atoms. The highest BCUT2D eigenvalue weighted by Gasteiger charge is 2.25. The first-order valence-electron chi connectivity index (χ1n) is 3.08. The molecule has 0 heterocycles. The average Bonchev–Trinajstić information content (AvgIpc) is 1.77. The van der Waals surface area contributed by atoms with Crippen LogP contribution in [0.2, 0.25) is 0 Å². The lowest BCUT2D eigenvalue weighted by Crippen LogP contribution is -2.41. The zero-order valence-corrected chi connectivity index (χ0v) is 5.41. The van der Waals surface area contributed by atoms with Crippen LogP contribution in [0.3, 0.4) is 0 Å². The molecule has 0 unspecified atom stereocenters. The van der Waals surface area contributed by atoms with Crippen LogP contribution in [0.4, 0.5) is 0 Å². The number of hydrogen-bond acceptors (Lipinski definition) is 2. The number of nitrogens with zero attached hydrogens (tertiary/aromatic N) is 3. The fourth-order valence-corrected chi connectivity index (χ4v) is 0.991. The first-order valence-corrected chi connectivity index (χ1v) is 3.08. The summed E-state index contributed by atoms with van der Waals surface area (Å²) < 4.78 is 0. The van der Waals surface area contributed by atoms with E-state index in [-0.39, 0.29) is 6.04 Å². The molecular weight excluding hydrogens is 116 g/mol. The van der Waals surface area contributed by atoms with Gasteiger partial charge in [0.2, 0.25) is 0 Å². The Bertz CT molecular complexity index is 132. The summed E-state index contributed by atoms with van der Waals surface area (Å²) >= 11 is 0. The van der Waals surface area contributed by atoms with Crippen molar-refractivity contribution in [1.29, 1.82) is 0 Å². The van der Waals surface area contributed by atoms with E-state index in [1.54, 1.807) is 0 Å². The van der Waals surface area contributed by atoms with Gasteiger partial charge in [-0.05, 0) is 25.4 Å². The van der Waals surface area contributed by atoms with Crippen LogP contribution in [0.25, 0.3) is 10.4 Å². The molecule has 0 bridgehead atoms. The minimum atomic E-state index is 0.257. The van der Waals surface area contributed by atoms with Crippen LogP contribution < -0.4 is 5.32 Å². The highest BCUT2D eigenvalue weighted by Crippen LogP contribution is 2.22. The molecule has 4 heteroatoms. The predicted octanol–water partition coefficient (Wildman–Crippen LogP) is 1.05. The summed E-state index contributed by atoms with van der Waals surface area (Å²) in [6.07, 6.45) is 2.00. The fraction of sp³-hybridized carbons (Fsp3) is 1.00. The Balaban J connectivity index is 2.19. The molecule has 1 aliphatic carbocycles. The van der Waals surface area contributed by atoms with Crippen LogP contribution in [0.1, 0.15) is 12.8 Å². The summed E-state index contributed by atoms with van der Waals surface area (Å²) in [5.41, 5.74) is 8.00. The Hall–Kier alpha value is -0.730. The Morgan fingerprint density at radius 3 is 2.78 bits per heavy atom. The summed E-state index contributed by atoms with van der Waals surface area (Å²) in [6, 6.07) is 0.841. The molecule has 0 aromatic heterocycles. The standard InChI is InChI=1S/C5H10N4/c1-7-4-2-5(3-4)8-9-6/h4-5,7H,2-3H2,1H3. The van der Waals surface area contributed by atoms with Gasteiger partial charge < -0.3 is 5.32 Å². The van der Waals surface area contributed by atoms with Gasteiger partial charge in [-0.25, -0.2) is 0 Å². The maximum absolute atomic E-state index is 8.00. The molecule has 0 amide bonds. The van der Waals surface area contributed by atoms with Crippen molar-refractivity contribution in [2.45, 2.75) is 24.9 Å². The largest absolute Gasteiger partial charge is 0.317 e. The lowest BCUT2D eigenvalue weighted by Gasteiger charge is -2.31. The molecule has 4 nitrogen and oxygen atoms in total. The van der Waals surface area contributed by atoms with Crippen molar-refractivity contribution < 1.29 is 0 Å². The number of rotatable bonds is 2. The molecule has 50 valence electrons. The molecule has 1 saturated carbocycles. The molecular formula is C5H10N4. The van der Waals surface area contributed by atoms with Crippen LogP contribution in [0, 0.1) is 0 Å². The minimum absolute atomic E-state index is 0.257. The monoisotopic (exact) mass is 126 g/mol. The van der Waals surface area contributed by atoms with Crippen LogP contribution >= 0.6 is 0 Å². The Morgan fingerprint density at radius 1 is 1.67 bits per heavy atom. The molecule has 0 atom stereocenters. The number of azide groups is 1. The highest BCUT2D eigenvalue weighted by atomic mass is 15.2. The topological polar surface area (TPSA) is 60.8 Å². The molecule has 0 aromatic carbocycles. The molecule has 1 fully saturated rings. The molecule has 0 aliphatic heterocycles. The third kappa shape index (κ3) is 1.34. The van der Waals surface area contributed by atoms with E-state index in [1.165, 1.54) is 0 Å². The van der Waals surface area contributed by atoms with Crippen LogP contribution in [0.15, 0.2) is 5.11 Å². The van der Waals surface area contributed by atoms with E-state index in [1.807, 2.05) is 7.05 Å². The first-order chi connectivity index (χ1) is 4.36. The van der Waals surface area contributed by atoms with Crippen molar-refractivity contribution in [2.24, 2.45) is 5.11 Å². The summed E-state index contributed by atoms with van der Waals surface area (Å²) in [7, 11) is 1.93. The quantitative estimate of drug-likeness (QED) is 0.335. The van der Waals surface area contributed by atoms with Gasteiger partial charge in [-0.15, -0.1) is 0 Å². The van der Waals surface area contributed by atoms with E-state index in [9.17, 15) is 0 Å². The minimum Gasteiger partial charge on any atom is -0.317 e. The van der Waals surface area contributed by atoms with E-state index in [0.717, 1.165) is 12.8 Å². The van der Waals surface area contributed by atoms with Gasteiger partial charge in [-0.3, -0.25) is 0 Å². The Kier molecular flexibility index (Phi) is 1.92. The van der Waals surface area contributed by atoms with E-state index >= 15 is 0 Å². The van der Waals surface area contributed by atoms with Crippen molar-refractivity contribution >= 4 is 0 Å². The summed E-state index contributed by atoms with van der Waals surface area (Å²) in [5, 5.41) is 6.68. The van der Waals surface area contributed by atoms with Crippen molar-refractivity contribution in [2.75, 3.05) is 7.05 Å². The van der Waals surface area contributed by atoms with E-state index < -0.39 is 0 Å². The summed E-state index contributed by atoms with van der Waals surface area (Å²) in [4.78, 5) is 2.72. The number of hydrogen-bond donors (Lipinski definition) is 1. The zero-order chi connectivity index (χ0) is 6.69. The van der Waals surface area contributed by atoms with Gasteiger partial charge in [0.25, 0.3) is 0 Å². The molecule has 1 aliphatic rings. The van der Waals surface area contributed by atoms with E-state index in [0.29, 0.717) is 6.04 Å². The predicted molar refractivity (Wildman–Crippen MR) is 35.0 cm³/mol. The molecule has 0 aromatic rings. The normalized spacial score (nSPS) is 32.6. The smallest absolute Gasteiger partial charge is 0.0403 e. The SMILES string of the molecule is CNC1CC(N=[N+]=[N-])C1. The van der Waals surface area contributed by atoms with E-state index in [4.69, 9.17) is 5.53 Å². The lowest BCUT2D eigenvalue weighted by molar-refractivity contribution is 0.308. The second kappa shape index (κ2) is 2.71. The second-order valence-corrected chi connectivity index (χ2v) is 2.32. The molecule has 0 saturated heterocycles. The van der Waals surface area contributed by atoms with Crippen molar-refractivity contribution in [3.63, 3.8) is 0 Å². The van der Waals surface area contributed by atoms with Crippen molar-refractivity contribution in [3.05, 3.63) is 10.4 Å². The van der Waals surface area contributed by atoms with Gasteiger partial charge in [-0.1, -0.05) is 5.11 Å². The van der Waals surface area contributed by atoms with Gasteiger partial charge >= 0.3 is 0 Å². The number of nitrogens with one attached hydrogen (secondary N) is 1. The zero-order valence-electron chi connectivity index (χ0n) is 5.41. The van der Waals surface area contributed by atoms with Gasteiger partial charge in [0.1, 0.15) is 0 Å². The van der Waals surface area contributed by atoms with Crippen LogP contribution in [-0.2, 0) is 0 Å². The lowest BCUT2D eigenvalue weighted by atomic mass is 9.88. The van der Waals surface area contributed by atoms with E-state index in [2.05, 4.69) is 15.3 Å². The van der Waals surface area contributed by atoms with Crippen LogP contribution in [-0.4, -0.2) is 19.1 Å². The third-order valence-corrected chi connectivity index (χ3v) is 1.74. The van der Waals surface area contributed by atoms with Crippen molar-refractivity contribution in [3.8, 4) is 0 Å². The van der Waals surface area contributed by atoms with Gasteiger partial charge in [0.15, 0.2) is 0 Å². The van der Waals surface area contributed by atoms with Gasteiger partial charge in [-0.2, -0.15) is 0 Å². The van der Waals surface area contributed by atoms with Crippen molar-refractivity contribution in [1.82, 2.24) is 5.32 Å². The molecule has 9 heavy (non-hydrogen) atoms. The first kappa shape index (κ1) is 6.39. The maximum Gasteiger partial charge on any atom is 0.0403 e. The van der Waals surface area contributed by atoms with Gasteiger partial charge in [0, 0.05) is 17.0 Å². The molecule has 1 rings (SSSR count). The summed E-state index contributed by atoms with van der Waals surface area (Å²) in [6.45, 7) is 0.